The number of sulfone groups is 2. The Kier molecular flexibility index (Phi) is 3.22. The zero-order valence-electron chi connectivity index (χ0n) is 8.78. The highest BCUT2D eigenvalue weighted by atomic mass is 35.5. The van der Waals surface area contributed by atoms with Gasteiger partial charge in [0.1, 0.15) is 0 Å². The molecule has 1 aromatic carbocycles. The van der Waals surface area contributed by atoms with Crippen molar-refractivity contribution in [2.75, 3.05) is 11.5 Å². The van der Waals surface area contributed by atoms with Gasteiger partial charge in [-0.05, 0) is 12.1 Å². The second-order valence-corrected chi connectivity index (χ2v) is 8.87. The highest BCUT2D eigenvalue weighted by Gasteiger charge is 2.44. The second-order valence-electron chi connectivity index (χ2n) is 3.99. The topological polar surface area (TPSA) is 68.3 Å². The quantitative estimate of drug-likeness (QED) is 0.759. The van der Waals surface area contributed by atoms with Crippen LogP contribution >= 0.6 is 11.6 Å². The second kappa shape index (κ2) is 4.26. The fraction of sp³-hybridized carbons (Fsp3) is 0.400. The van der Waals surface area contributed by atoms with Crippen molar-refractivity contribution in [3.05, 3.63) is 30.3 Å². The van der Waals surface area contributed by atoms with Crippen LogP contribution in [0.4, 0.5) is 0 Å². The van der Waals surface area contributed by atoms with Crippen LogP contribution in [-0.4, -0.2) is 39.0 Å². The molecule has 0 radical (unpaired) electrons. The number of halogens is 1. The SMILES string of the molecule is O=S1(=O)CC(Cl)C(S(=O)(=O)c2ccccc2)C1. The predicted octanol–water partition coefficient (Wildman–Crippen LogP) is 0.865. The fourth-order valence-corrected chi connectivity index (χ4v) is 7.44. The largest absolute Gasteiger partial charge is 0.229 e. The molecule has 0 bridgehead atoms. The first-order valence-electron chi connectivity index (χ1n) is 4.96. The van der Waals surface area contributed by atoms with Gasteiger partial charge in [-0.3, -0.25) is 0 Å². The van der Waals surface area contributed by atoms with Gasteiger partial charge >= 0.3 is 0 Å². The Morgan fingerprint density at radius 2 is 1.71 bits per heavy atom. The molecular formula is C10H11ClO4S2. The number of rotatable bonds is 2. The third-order valence-electron chi connectivity index (χ3n) is 2.71. The highest BCUT2D eigenvalue weighted by Crippen LogP contribution is 2.28. The Bertz CT molecular complexity index is 607. The molecule has 0 N–H and O–H groups in total. The lowest BCUT2D eigenvalue weighted by atomic mass is 10.4. The van der Waals surface area contributed by atoms with Crippen LogP contribution in [0.2, 0.25) is 0 Å². The van der Waals surface area contributed by atoms with Gasteiger partial charge in [-0.15, -0.1) is 11.6 Å². The van der Waals surface area contributed by atoms with Gasteiger partial charge in [0.25, 0.3) is 0 Å². The first kappa shape index (κ1) is 12.9. The van der Waals surface area contributed by atoms with E-state index in [-0.39, 0.29) is 10.6 Å². The Morgan fingerprint density at radius 1 is 1.12 bits per heavy atom. The summed E-state index contributed by atoms with van der Waals surface area (Å²) in [6.45, 7) is 0. The first-order valence-corrected chi connectivity index (χ1v) is 8.77. The molecule has 0 aromatic heterocycles. The molecule has 2 atom stereocenters. The van der Waals surface area contributed by atoms with Crippen molar-refractivity contribution in [2.45, 2.75) is 15.5 Å². The van der Waals surface area contributed by atoms with Crippen LogP contribution in [0.3, 0.4) is 0 Å². The van der Waals surface area contributed by atoms with Crippen LogP contribution in [0.5, 0.6) is 0 Å². The molecular weight excluding hydrogens is 284 g/mol. The van der Waals surface area contributed by atoms with Gasteiger partial charge in [0.2, 0.25) is 0 Å². The average Bonchev–Trinajstić information content (AvgIpc) is 2.54. The van der Waals surface area contributed by atoms with Crippen LogP contribution < -0.4 is 0 Å². The summed E-state index contributed by atoms with van der Waals surface area (Å²) in [6.07, 6.45) is 0. The van der Waals surface area contributed by atoms with Crippen LogP contribution in [-0.2, 0) is 19.7 Å². The molecule has 0 saturated carbocycles. The Hall–Kier alpha value is -0.590. The van der Waals surface area contributed by atoms with Crippen LogP contribution in [0.1, 0.15) is 0 Å². The van der Waals surface area contributed by atoms with Gasteiger partial charge < -0.3 is 0 Å². The maximum atomic E-state index is 12.2. The smallest absolute Gasteiger partial charge is 0.183 e. The molecule has 17 heavy (non-hydrogen) atoms. The van der Waals surface area contributed by atoms with Crippen LogP contribution in [0, 0.1) is 0 Å². The lowest BCUT2D eigenvalue weighted by Crippen LogP contribution is -2.29. The van der Waals surface area contributed by atoms with Gasteiger partial charge in [-0.25, -0.2) is 16.8 Å². The zero-order valence-corrected chi connectivity index (χ0v) is 11.2. The molecule has 1 heterocycles. The third kappa shape index (κ3) is 2.48. The van der Waals surface area contributed by atoms with Crippen molar-refractivity contribution >= 4 is 31.3 Å². The van der Waals surface area contributed by atoms with Gasteiger partial charge in [0, 0.05) is 0 Å². The molecule has 0 aliphatic carbocycles. The number of hydrogen-bond acceptors (Lipinski definition) is 4. The van der Waals surface area contributed by atoms with Gasteiger partial charge in [0.05, 0.1) is 27.0 Å². The summed E-state index contributed by atoms with van der Waals surface area (Å²) >= 11 is 5.84. The van der Waals surface area contributed by atoms with E-state index in [1.807, 2.05) is 0 Å². The lowest BCUT2D eigenvalue weighted by Gasteiger charge is -2.13. The molecule has 94 valence electrons. The number of hydrogen-bond donors (Lipinski definition) is 0. The molecule has 1 aliphatic heterocycles. The molecule has 1 aliphatic rings. The monoisotopic (exact) mass is 294 g/mol. The fourth-order valence-electron chi connectivity index (χ4n) is 1.84. The predicted molar refractivity (Wildman–Crippen MR) is 65.7 cm³/mol. The minimum absolute atomic E-state index is 0.118. The van der Waals surface area contributed by atoms with Gasteiger partial charge in [-0.2, -0.15) is 0 Å². The van der Waals surface area contributed by atoms with Gasteiger partial charge in [0.15, 0.2) is 19.7 Å². The molecule has 1 aromatic rings. The minimum Gasteiger partial charge on any atom is -0.229 e. The molecule has 0 amide bonds. The van der Waals surface area contributed by atoms with E-state index in [4.69, 9.17) is 11.6 Å². The van der Waals surface area contributed by atoms with E-state index in [0.29, 0.717) is 0 Å². The molecule has 2 unspecified atom stereocenters. The van der Waals surface area contributed by atoms with Crippen molar-refractivity contribution < 1.29 is 16.8 Å². The normalized spacial score (nSPS) is 28.1. The standard InChI is InChI=1S/C10H11ClO4S2/c11-9-6-16(12,13)7-10(9)17(14,15)8-4-2-1-3-5-8/h1-5,9-10H,6-7H2. The Labute approximate surface area is 105 Å². The molecule has 7 heteroatoms. The van der Waals surface area contributed by atoms with Crippen molar-refractivity contribution in [3.8, 4) is 0 Å². The minimum atomic E-state index is -3.67. The summed E-state index contributed by atoms with van der Waals surface area (Å²) in [5.74, 6) is -0.663. The van der Waals surface area contributed by atoms with Crippen molar-refractivity contribution in [1.29, 1.82) is 0 Å². The maximum absolute atomic E-state index is 12.2. The summed E-state index contributed by atoms with van der Waals surface area (Å²) in [5.41, 5.74) is 0. The van der Waals surface area contributed by atoms with Crippen molar-refractivity contribution in [1.82, 2.24) is 0 Å². The maximum Gasteiger partial charge on any atom is 0.183 e. The molecule has 1 saturated heterocycles. The molecule has 1 fully saturated rings. The summed E-state index contributed by atoms with van der Waals surface area (Å²) in [5, 5.41) is -1.92. The van der Waals surface area contributed by atoms with E-state index >= 15 is 0 Å². The number of benzene rings is 1. The molecule has 0 spiro atoms. The average molecular weight is 295 g/mol. The lowest BCUT2D eigenvalue weighted by molar-refractivity contribution is 0.583. The number of alkyl halides is 1. The van der Waals surface area contributed by atoms with Crippen LogP contribution in [0.25, 0.3) is 0 Å². The van der Waals surface area contributed by atoms with Gasteiger partial charge in [-0.1, -0.05) is 18.2 Å². The summed E-state index contributed by atoms with van der Waals surface area (Å²) in [6, 6.07) is 7.79. The zero-order chi connectivity index (χ0) is 12.7. The van der Waals surface area contributed by atoms with E-state index < -0.39 is 36.1 Å². The van der Waals surface area contributed by atoms with E-state index in [0.717, 1.165) is 0 Å². The van der Waals surface area contributed by atoms with E-state index in [1.54, 1.807) is 18.2 Å². The summed E-state index contributed by atoms with van der Waals surface area (Å²) < 4.78 is 47.1. The molecule has 4 nitrogen and oxygen atoms in total. The first-order chi connectivity index (χ1) is 7.83. The summed E-state index contributed by atoms with van der Waals surface area (Å²) in [4.78, 5) is 0.118. The highest BCUT2D eigenvalue weighted by molar-refractivity contribution is 7.96. The van der Waals surface area contributed by atoms with Crippen LogP contribution in [0.15, 0.2) is 35.2 Å². The van der Waals surface area contributed by atoms with E-state index in [2.05, 4.69) is 0 Å². The van der Waals surface area contributed by atoms with Crippen molar-refractivity contribution in [3.63, 3.8) is 0 Å². The Balaban J connectivity index is 2.42. The summed E-state index contributed by atoms with van der Waals surface area (Å²) in [7, 11) is -7.02. The molecule has 2 rings (SSSR count). The third-order valence-corrected chi connectivity index (χ3v) is 7.66. The van der Waals surface area contributed by atoms with E-state index in [1.165, 1.54) is 12.1 Å². The van der Waals surface area contributed by atoms with E-state index in [9.17, 15) is 16.8 Å². The van der Waals surface area contributed by atoms with Crippen molar-refractivity contribution in [2.24, 2.45) is 0 Å². The Morgan fingerprint density at radius 3 is 2.18 bits per heavy atom.